The van der Waals surface area contributed by atoms with Gasteiger partial charge in [0.2, 0.25) is 5.96 Å². The fraction of sp³-hybridized carbons (Fsp3) is 0.231. The fourth-order valence-corrected chi connectivity index (χ4v) is 1.70. The number of aromatic nitrogens is 1. The number of anilines is 1. The number of nitrogens with zero attached hydrogens (tertiary/aromatic N) is 2. The summed E-state index contributed by atoms with van der Waals surface area (Å²) in [6, 6.07) is 7.94. The number of benzene rings is 1. The molecule has 0 saturated carbocycles. The van der Waals surface area contributed by atoms with Crippen LogP contribution in [0.2, 0.25) is 0 Å². The summed E-state index contributed by atoms with van der Waals surface area (Å²) >= 11 is 0. The third-order valence-corrected chi connectivity index (χ3v) is 2.56. The molecule has 0 amide bonds. The topological polar surface area (TPSA) is 75.3 Å². The first-order chi connectivity index (χ1) is 8.85. The summed E-state index contributed by atoms with van der Waals surface area (Å²) in [5, 5.41) is 5.36. The summed E-state index contributed by atoms with van der Waals surface area (Å²) in [4.78, 5) is 8.42. The van der Waals surface area contributed by atoms with Crippen LogP contribution in [-0.2, 0) is 0 Å². The molecule has 0 spiro atoms. The van der Waals surface area contributed by atoms with Gasteiger partial charge in [-0.15, -0.1) is 0 Å². The summed E-state index contributed by atoms with van der Waals surface area (Å²) < 4.78 is 0. The van der Waals surface area contributed by atoms with Crippen molar-refractivity contribution in [1.29, 1.82) is 0 Å². The zero-order valence-electron chi connectivity index (χ0n) is 10.4. The Hall–Kier alpha value is -2.14. The Kier molecular flexibility index (Phi) is 4.09. The second-order valence-corrected chi connectivity index (χ2v) is 3.90. The maximum Gasteiger partial charge on any atom is 0.210 e. The number of pyridine rings is 1. The summed E-state index contributed by atoms with van der Waals surface area (Å²) in [5.41, 5.74) is 3.53. The molecule has 1 aromatic carbocycles. The van der Waals surface area contributed by atoms with Gasteiger partial charge in [0.1, 0.15) is 0 Å². The molecule has 1 heterocycles. The van der Waals surface area contributed by atoms with Crippen molar-refractivity contribution in [2.75, 3.05) is 11.9 Å². The van der Waals surface area contributed by atoms with E-state index < -0.39 is 0 Å². The minimum atomic E-state index is 0.571. The molecule has 4 N–H and O–H groups in total. The van der Waals surface area contributed by atoms with Gasteiger partial charge in [-0.05, 0) is 18.6 Å². The quantitative estimate of drug-likeness (QED) is 0.333. The van der Waals surface area contributed by atoms with Crippen molar-refractivity contribution in [3.63, 3.8) is 0 Å². The number of guanidine groups is 1. The van der Waals surface area contributed by atoms with Gasteiger partial charge in [0.25, 0.3) is 0 Å². The summed E-state index contributed by atoms with van der Waals surface area (Å²) in [6.45, 7) is 2.81. The lowest BCUT2D eigenvalue weighted by Gasteiger charge is -2.11. The molecule has 0 unspecified atom stereocenters. The Bertz CT molecular complexity index is 545. The predicted octanol–water partition coefficient (Wildman–Crippen LogP) is 1.88. The highest BCUT2D eigenvalue weighted by molar-refractivity contribution is 6.02. The van der Waals surface area contributed by atoms with Gasteiger partial charge in [-0.2, -0.15) is 0 Å². The van der Waals surface area contributed by atoms with Gasteiger partial charge in [-0.3, -0.25) is 15.4 Å². The molecule has 0 bridgehead atoms. The Balaban J connectivity index is 2.31. The monoisotopic (exact) mass is 243 g/mol. The normalized spacial score (nSPS) is 11.6. The Morgan fingerprint density at radius 1 is 1.39 bits per heavy atom. The molecule has 0 aliphatic heterocycles. The van der Waals surface area contributed by atoms with Crippen molar-refractivity contribution >= 4 is 22.4 Å². The first-order valence-electron chi connectivity index (χ1n) is 5.96. The van der Waals surface area contributed by atoms with Crippen LogP contribution in [0.3, 0.4) is 0 Å². The summed E-state index contributed by atoms with van der Waals surface area (Å²) in [5.74, 6) is 6.02. The molecule has 0 radical (unpaired) electrons. The molecule has 2 rings (SSSR count). The molecule has 5 heteroatoms. The van der Waals surface area contributed by atoms with E-state index in [0.29, 0.717) is 5.96 Å². The van der Waals surface area contributed by atoms with Crippen LogP contribution in [0.25, 0.3) is 10.8 Å². The van der Waals surface area contributed by atoms with Crippen molar-refractivity contribution in [3.8, 4) is 0 Å². The van der Waals surface area contributed by atoms with Crippen LogP contribution >= 0.6 is 0 Å². The van der Waals surface area contributed by atoms with E-state index >= 15 is 0 Å². The number of nitrogens with one attached hydrogen (secondary N) is 2. The molecule has 1 aromatic heterocycles. The standard InChI is InChI=1S/C13H17N5/c1-2-7-16-13(18-14)17-12-5-3-4-10-9-15-8-6-11(10)12/h3-6,8-9H,2,7,14H2,1H3,(H2,16,17,18). The second-order valence-electron chi connectivity index (χ2n) is 3.90. The molecule has 0 saturated heterocycles. The van der Waals surface area contributed by atoms with Crippen molar-refractivity contribution in [1.82, 2.24) is 10.4 Å². The third kappa shape index (κ3) is 2.75. The highest BCUT2D eigenvalue weighted by atomic mass is 15.3. The number of hydrazine groups is 1. The smallest absolute Gasteiger partial charge is 0.210 e. The molecule has 0 aliphatic carbocycles. The lowest BCUT2D eigenvalue weighted by molar-refractivity contribution is 0.905. The molecule has 0 fully saturated rings. The lowest BCUT2D eigenvalue weighted by atomic mass is 10.1. The van der Waals surface area contributed by atoms with E-state index in [1.807, 2.05) is 30.5 Å². The second kappa shape index (κ2) is 5.97. The van der Waals surface area contributed by atoms with Gasteiger partial charge in [0, 0.05) is 35.4 Å². The Labute approximate surface area is 106 Å². The van der Waals surface area contributed by atoms with Crippen molar-refractivity contribution in [2.24, 2.45) is 10.8 Å². The van der Waals surface area contributed by atoms with E-state index in [2.05, 4.69) is 27.6 Å². The van der Waals surface area contributed by atoms with Crippen LogP contribution in [0.1, 0.15) is 13.3 Å². The number of fused-ring (bicyclic) bond motifs is 1. The highest BCUT2D eigenvalue weighted by Crippen LogP contribution is 2.21. The number of hydrogen-bond acceptors (Lipinski definition) is 3. The number of aliphatic imine (C=N–C) groups is 1. The van der Waals surface area contributed by atoms with Gasteiger partial charge < -0.3 is 5.32 Å². The van der Waals surface area contributed by atoms with E-state index in [0.717, 1.165) is 29.4 Å². The van der Waals surface area contributed by atoms with Gasteiger partial charge in [-0.25, -0.2) is 5.84 Å². The number of hydrogen-bond donors (Lipinski definition) is 3. The maximum absolute atomic E-state index is 5.45. The van der Waals surface area contributed by atoms with Crippen molar-refractivity contribution in [2.45, 2.75) is 13.3 Å². The fourth-order valence-electron chi connectivity index (χ4n) is 1.70. The Morgan fingerprint density at radius 3 is 3.06 bits per heavy atom. The molecular formula is C13H17N5. The first kappa shape index (κ1) is 12.3. The van der Waals surface area contributed by atoms with Crippen molar-refractivity contribution in [3.05, 3.63) is 36.7 Å². The molecule has 5 nitrogen and oxygen atoms in total. The predicted molar refractivity (Wildman–Crippen MR) is 75.3 cm³/mol. The minimum absolute atomic E-state index is 0.571. The van der Waals surface area contributed by atoms with Gasteiger partial charge in [0.05, 0.1) is 0 Å². The number of rotatable bonds is 3. The average molecular weight is 243 g/mol. The summed E-state index contributed by atoms with van der Waals surface area (Å²) in [6.07, 6.45) is 4.58. The molecule has 94 valence electrons. The molecule has 0 atom stereocenters. The van der Waals surface area contributed by atoms with E-state index in [-0.39, 0.29) is 0 Å². The zero-order chi connectivity index (χ0) is 12.8. The van der Waals surface area contributed by atoms with Gasteiger partial charge >= 0.3 is 0 Å². The SMILES string of the molecule is CCCN=C(NN)Nc1cccc2cnccc12. The lowest BCUT2D eigenvalue weighted by Crippen LogP contribution is -2.36. The van der Waals surface area contributed by atoms with Crippen LogP contribution < -0.4 is 16.6 Å². The van der Waals surface area contributed by atoms with E-state index in [9.17, 15) is 0 Å². The molecular weight excluding hydrogens is 226 g/mol. The van der Waals surface area contributed by atoms with E-state index in [1.165, 1.54) is 0 Å². The zero-order valence-corrected chi connectivity index (χ0v) is 10.4. The van der Waals surface area contributed by atoms with Crippen LogP contribution in [0.5, 0.6) is 0 Å². The molecule has 18 heavy (non-hydrogen) atoms. The highest BCUT2D eigenvalue weighted by Gasteiger charge is 2.02. The maximum atomic E-state index is 5.45. The number of nitrogens with two attached hydrogens (primary N) is 1. The van der Waals surface area contributed by atoms with E-state index in [1.54, 1.807) is 6.20 Å². The van der Waals surface area contributed by atoms with Gasteiger partial charge in [-0.1, -0.05) is 19.1 Å². The van der Waals surface area contributed by atoms with Crippen LogP contribution in [0.15, 0.2) is 41.7 Å². The van der Waals surface area contributed by atoms with E-state index in [4.69, 9.17) is 5.84 Å². The third-order valence-electron chi connectivity index (χ3n) is 2.56. The van der Waals surface area contributed by atoms with Crippen LogP contribution in [0, 0.1) is 0 Å². The Morgan fingerprint density at radius 2 is 2.28 bits per heavy atom. The summed E-state index contributed by atoms with van der Waals surface area (Å²) in [7, 11) is 0. The average Bonchev–Trinajstić information content (AvgIpc) is 2.43. The van der Waals surface area contributed by atoms with Gasteiger partial charge in [0.15, 0.2) is 0 Å². The first-order valence-corrected chi connectivity index (χ1v) is 5.96. The minimum Gasteiger partial charge on any atom is -0.325 e. The largest absolute Gasteiger partial charge is 0.325 e. The van der Waals surface area contributed by atoms with Crippen LogP contribution in [-0.4, -0.2) is 17.5 Å². The molecule has 2 aromatic rings. The molecule has 0 aliphatic rings. The van der Waals surface area contributed by atoms with Crippen molar-refractivity contribution < 1.29 is 0 Å². The van der Waals surface area contributed by atoms with Crippen LogP contribution in [0.4, 0.5) is 5.69 Å².